The molecule has 1 aliphatic rings. The molecule has 0 bridgehead atoms. The van der Waals surface area contributed by atoms with Gasteiger partial charge in [-0.3, -0.25) is 14.8 Å². The third kappa shape index (κ3) is 5.56. The number of benzene rings is 2. The average molecular weight is 489 g/mol. The first-order chi connectivity index (χ1) is 16.1. The molecule has 0 aliphatic carbocycles. The number of alkyl halides is 2. The van der Waals surface area contributed by atoms with E-state index in [1.165, 1.54) is 24.3 Å². The number of nitrogens with zero attached hydrogens (tertiary/aromatic N) is 2. The van der Waals surface area contributed by atoms with Gasteiger partial charge in [0.05, 0.1) is 17.3 Å². The third-order valence-electron chi connectivity index (χ3n) is 5.84. The number of ether oxygens (including phenoxy) is 1. The Morgan fingerprint density at radius 2 is 1.82 bits per heavy atom. The van der Waals surface area contributed by atoms with Crippen LogP contribution in [0, 0.1) is 0 Å². The van der Waals surface area contributed by atoms with E-state index in [1.807, 2.05) is 41.2 Å². The normalized spacial score (nSPS) is 20.5. The summed E-state index contributed by atoms with van der Waals surface area (Å²) < 4.78 is 31.0. The van der Waals surface area contributed by atoms with Crippen LogP contribution in [0.15, 0.2) is 60.8 Å². The van der Waals surface area contributed by atoms with Crippen molar-refractivity contribution in [3.8, 4) is 5.75 Å². The largest absolute Gasteiger partial charge is 0.435 e. The fourth-order valence-corrected chi connectivity index (χ4v) is 4.25. The first-order valence-corrected chi connectivity index (χ1v) is 11.4. The van der Waals surface area contributed by atoms with Crippen molar-refractivity contribution >= 4 is 23.2 Å². The average Bonchev–Trinajstić information content (AvgIpc) is 3.43. The van der Waals surface area contributed by atoms with E-state index in [0.29, 0.717) is 17.1 Å². The number of aromatic nitrogens is 2. The van der Waals surface area contributed by atoms with Crippen molar-refractivity contribution in [2.75, 3.05) is 5.32 Å². The summed E-state index contributed by atoms with van der Waals surface area (Å²) in [6, 6.07) is 14.8. The summed E-state index contributed by atoms with van der Waals surface area (Å²) in [5.74, 6) is -0.203. The number of carbonyl (C=O) groups is 1. The van der Waals surface area contributed by atoms with Gasteiger partial charge >= 0.3 is 6.61 Å². The lowest BCUT2D eigenvalue weighted by atomic mass is 9.90. The third-order valence-corrected chi connectivity index (χ3v) is 6.09. The summed E-state index contributed by atoms with van der Waals surface area (Å²) in [6.45, 7) is 3.36. The number of anilines is 1. The van der Waals surface area contributed by atoms with Crippen LogP contribution >= 0.6 is 11.6 Å². The number of rotatable bonds is 6. The van der Waals surface area contributed by atoms with Crippen LogP contribution in [0.3, 0.4) is 0 Å². The number of carbonyl (C=O) groups excluding carboxylic acids is 1. The lowest BCUT2D eigenvalue weighted by Crippen LogP contribution is -2.36. The van der Waals surface area contributed by atoms with E-state index >= 15 is 0 Å². The van der Waals surface area contributed by atoms with Crippen LogP contribution < -0.4 is 15.4 Å². The minimum absolute atomic E-state index is 0.0256. The molecular formula is C25H27ClF2N4O2. The maximum absolute atomic E-state index is 13.1. The molecule has 2 N–H and O–H groups in total. The van der Waals surface area contributed by atoms with E-state index in [4.69, 9.17) is 16.7 Å². The van der Waals surface area contributed by atoms with Crippen molar-refractivity contribution in [2.24, 2.45) is 0 Å². The Bertz CT molecular complexity index is 1130. The first kappa shape index (κ1) is 24.2. The Morgan fingerprint density at radius 3 is 2.41 bits per heavy atom. The second kappa shape index (κ2) is 9.72. The fourth-order valence-electron chi connectivity index (χ4n) is 4.12. The predicted molar refractivity (Wildman–Crippen MR) is 127 cm³/mol. The van der Waals surface area contributed by atoms with Crippen LogP contribution in [0.2, 0.25) is 5.02 Å². The second-order valence-electron chi connectivity index (χ2n) is 9.34. The molecule has 1 saturated heterocycles. The molecule has 0 unspecified atom stereocenters. The lowest BCUT2D eigenvalue weighted by Gasteiger charge is -2.21. The van der Waals surface area contributed by atoms with Gasteiger partial charge in [0, 0.05) is 28.9 Å². The summed E-state index contributed by atoms with van der Waals surface area (Å²) in [5.41, 5.74) is 2.27. The van der Waals surface area contributed by atoms with Gasteiger partial charge in [-0.2, -0.15) is 13.9 Å². The second-order valence-corrected chi connectivity index (χ2v) is 9.78. The van der Waals surface area contributed by atoms with E-state index in [-0.39, 0.29) is 29.2 Å². The highest BCUT2D eigenvalue weighted by molar-refractivity contribution is 6.30. The number of amides is 1. The minimum atomic E-state index is -2.90. The van der Waals surface area contributed by atoms with Crippen LogP contribution in [0.1, 0.15) is 50.4 Å². The highest BCUT2D eigenvalue weighted by atomic mass is 35.5. The lowest BCUT2D eigenvalue weighted by molar-refractivity contribution is -0.117. The molecule has 0 spiro atoms. The minimum Gasteiger partial charge on any atom is -0.435 e. The molecule has 180 valence electrons. The van der Waals surface area contributed by atoms with E-state index in [2.05, 4.69) is 36.1 Å². The monoisotopic (exact) mass is 488 g/mol. The van der Waals surface area contributed by atoms with E-state index in [9.17, 15) is 13.6 Å². The van der Waals surface area contributed by atoms with Gasteiger partial charge in [0.15, 0.2) is 0 Å². The zero-order valence-electron chi connectivity index (χ0n) is 19.1. The maximum atomic E-state index is 13.1. The van der Waals surface area contributed by atoms with E-state index in [0.717, 1.165) is 11.3 Å². The molecule has 0 saturated carbocycles. The molecule has 0 radical (unpaired) electrons. The van der Waals surface area contributed by atoms with E-state index < -0.39 is 12.7 Å². The Morgan fingerprint density at radius 1 is 1.15 bits per heavy atom. The summed E-state index contributed by atoms with van der Waals surface area (Å²) >= 11 is 6.08. The van der Waals surface area contributed by atoms with Crippen LogP contribution in [-0.4, -0.2) is 28.3 Å². The SMILES string of the molecule is CC(C)(C)n1ccc([C@H]2C[C@@H](C(=O)Nc3ccc(OC(F)F)cc3)N[C@H]2c2ccc(Cl)cc2)n1. The highest BCUT2D eigenvalue weighted by Crippen LogP contribution is 2.40. The molecule has 34 heavy (non-hydrogen) atoms. The van der Waals surface area contributed by atoms with Gasteiger partial charge in [-0.1, -0.05) is 23.7 Å². The summed E-state index contributed by atoms with van der Waals surface area (Å²) in [6.07, 6.45) is 2.51. The summed E-state index contributed by atoms with van der Waals surface area (Å²) in [7, 11) is 0. The van der Waals surface area contributed by atoms with Crippen LogP contribution in [-0.2, 0) is 10.3 Å². The topological polar surface area (TPSA) is 68.2 Å². The smallest absolute Gasteiger partial charge is 0.387 e. The Balaban J connectivity index is 1.54. The predicted octanol–water partition coefficient (Wildman–Crippen LogP) is 5.72. The molecule has 1 fully saturated rings. The maximum Gasteiger partial charge on any atom is 0.387 e. The molecule has 1 aromatic heterocycles. The van der Waals surface area contributed by atoms with Gasteiger partial charge in [0.1, 0.15) is 5.75 Å². The molecule has 3 atom stereocenters. The number of nitrogens with one attached hydrogen (secondary N) is 2. The Hall–Kier alpha value is -2.97. The van der Waals surface area contributed by atoms with Gasteiger partial charge in [-0.05, 0) is 75.2 Å². The molecule has 2 aromatic carbocycles. The van der Waals surface area contributed by atoms with Gasteiger partial charge in [0.2, 0.25) is 5.91 Å². The van der Waals surface area contributed by atoms with Crippen molar-refractivity contribution in [2.45, 2.75) is 57.3 Å². The zero-order valence-corrected chi connectivity index (χ0v) is 19.9. The molecule has 3 aromatic rings. The van der Waals surface area contributed by atoms with Crippen molar-refractivity contribution in [1.29, 1.82) is 0 Å². The van der Waals surface area contributed by atoms with Crippen molar-refractivity contribution < 1.29 is 18.3 Å². The van der Waals surface area contributed by atoms with Crippen LogP contribution in [0.4, 0.5) is 14.5 Å². The Labute approximate surface area is 202 Å². The fraction of sp³-hybridized carbons (Fsp3) is 0.360. The number of hydrogen-bond donors (Lipinski definition) is 2. The van der Waals surface area contributed by atoms with Gasteiger partial charge in [-0.25, -0.2) is 0 Å². The summed E-state index contributed by atoms with van der Waals surface area (Å²) in [4.78, 5) is 13.1. The van der Waals surface area contributed by atoms with Gasteiger partial charge in [-0.15, -0.1) is 0 Å². The molecule has 9 heteroatoms. The van der Waals surface area contributed by atoms with Gasteiger partial charge < -0.3 is 10.1 Å². The first-order valence-electron chi connectivity index (χ1n) is 11.0. The molecule has 1 amide bonds. The van der Waals surface area contributed by atoms with Crippen molar-refractivity contribution in [1.82, 2.24) is 15.1 Å². The van der Waals surface area contributed by atoms with Gasteiger partial charge in [0.25, 0.3) is 0 Å². The standard InChI is InChI=1S/C25H27ClF2N4O2/c1-25(2,3)32-13-12-20(31-32)19-14-21(30-22(19)15-4-6-16(26)7-5-15)23(33)29-17-8-10-18(11-9-17)34-24(27)28/h4-13,19,21-22,24,30H,14H2,1-3H3,(H,29,33)/t19-,21+,22+/m1/s1. The Kier molecular flexibility index (Phi) is 6.91. The molecule has 1 aliphatic heterocycles. The number of hydrogen-bond acceptors (Lipinski definition) is 4. The number of halogens is 3. The van der Waals surface area contributed by atoms with Crippen molar-refractivity contribution in [3.63, 3.8) is 0 Å². The molecule has 2 heterocycles. The summed E-state index contributed by atoms with van der Waals surface area (Å²) in [5, 5.41) is 11.8. The van der Waals surface area contributed by atoms with Crippen LogP contribution in [0.25, 0.3) is 0 Å². The molecule has 4 rings (SSSR count). The zero-order chi connectivity index (χ0) is 24.5. The van der Waals surface area contributed by atoms with E-state index in [1.54, 1.807) is 0 Å². The van der Waals surface area contributed by atoms with Crippen molar-refractivity contribution in [3.05, 3.63) is 77.1 Å². The molecular weight excluding hydrogens is 462 g/mol. The highest BCUT2D eigenvalue weighted by Gasteiger charge is 2.40. The molecule has 6 nitrogen and oxygen atoms in total. The quantitative estimate of drug-likeness (QED) is 0.465. The van der Waals surface area contributed by atoms with Crippen LogP contribution in [0.5, 0.6) is 5.75 Å².